The van der Waals surface area contributed by atoms with Crippen molar-refractivity contribution in [3.63, 3.8) is 0 Å². The molecule has 0 radical (unpaired) electrons. The van der Waals surface area contributed by atoms with Crippen LogP contribution < -0.4 is 10.6 Å². The number of pyridine rings is 1. The van der Waals surface area contributed by atoms with Crippen LogP contribution >= 0.6 is 0 Å². The summed E-state index contributed by atoms with van der Waals surface area (Å²) in [5, 5.41) is 4.35. The third kappa shape index (κ3) is 3.10. The van der Waals surface area contributed by atoms with Crippen LogP contribution in [0.25, 0.3) is 5.65 Å². The molecule has 2 aromatic rings. The van der Waals surface area contributed by atoms with E-state index in [1.165, 1.54) is 5.56 Å². The summed E-state index contributed by atoms with van der Waals surface area (Å²) in [6, 6.07) is 4.22. The summed E-state index contributed by atoms with van der Waals surface area (Å²) < 4.78 is 1.91. The fourth-order valence-electron chi connectivity index (χ4n) is 2.39. The zero-order valence-electron chi connectivity index (χ0n) is 12.9. The minimum atomic E-state index is 0.0752. The molecule has 2 heterocycles. The van der Waals surface area contributed by atoms with E-state index in [1.54, 1.807) is 6.33 Å². The topological polar surface area (TPSA) is 59.5 Å². The SMILES string of the molecule is CCCN(CC(C)(C)CN)c1cc(C)cc2ncnn12. The number of anilines is 1. The van der Waals surface area contributed by atoms with Crippen LogP contribution in [0.5, 0.6) is 0 Å². The minimum absolute atomic E-state index is 0.0752. The predicted molar refractivity (Wildman–Crippen MR) is 83.1 cm³/mol. The molecule has 0 saturated heterocycles. The van der Waals surface area contributed by atoms with Crippen LogP contribution in [0.1, 0.15) is 32.8 Å². The minimum Gasteiger partial charge on any atom is -0.356 e. The zero-order valence-corrected chi connectivity index (χ0v) is 12.9. The summed E-state index contributed by atoms with van der Waals surface area (Å²) in [6.07, 6.45) is 2.70. The van der Waals surface area contributed by atoms with Gasteiger partial charge >= 0.3 is 0 Å². The summed E-state index contributed by atoms with van der Waals surface area (Å²) in [5.74, 6) is 1.10. The van der Waals surface area contributed by atoms with E-state index in [-0.39, 0.29) is 5.41 Å². The second-order valence-electron chi connectivity index (χ2n) is 6.21. The number of aromatic nitrogens is 3. The molecule has 0 aliphatic heterocycles. The monoisotopic (exact) mass is 275 g/mol. The van der Waals surface area contributed by atoms with Crippen molar-refractivity contribution in [1.29, 1.82) is 0 Å². The number of hydrogen-bond donors (Lipinski definition) is 1. The molecule has 2 aromatic heterocycles. The second kappa shape index (κ2) is 5.79. The molecule has 0 aliphatic carbocycles. The van der Waals surface area contributed by atoms with Crippen LogP contribution in [-0.4, -0.2) is 34.2 Å². The molecule has 0 atom stereocenters. The van der Waals surface area contributed by atoms with Gasteiger partial charge in [0.2, 0.25) is 0 Å². The molecule has 0 unspecified atom stereocenters. The van der Waals surface area contributed by atoms with Gasteiger partial charge in [-0.2, -0.15) is 9.61 Å². The maximum absolute atomic E-state index is 5.89. The van der Waals surface area contributed by atoms with Gasteiger partial charge in [0, 0.05) is 13.1 Å². The first-order valence-electron chi connectivity index (χ1n) is 7.22. The number of hydrogen-bond acceptors (Lipinski definition) is 4. The lowest BCUT2D eigenvalue weighted by Crippen LogP contribution is -2.40. The van der Waals surface area contributed by atoms with E-state index in [0.29, 0.717) is 6.54 Å². The van der Waals surface area contributed by atoms with E-state index in [4.69, 9.17) is 5.73 Å². The van der Waals surface area contributed by atoms with Gasteiger partial charge in [-0.1, -0.05) is 20.8 Å². The van der Waals surface area contributed by atoms with E-state index in [1.807, 2.05) is 4.52 Å². The summed E-state index contributed by atoms with van der Waals surface area (Å²) in [4.78, 5) is 6.66. The maximum atomic E-state index is 5.89. The number of nitrogens with zero attached hydrogens (tertiary/aromatic N) is 4. The summed E-state index contributed by atoms with van der Waals surface area (Å²) in [6.45, 7) is 11.2. The molecule has 0 aliphatic rings. The Bertz CT molecular complexity index is 573. The Labute approximate surface area is 120 Å². The van der Waals surface area contributed by atoms with Crippen molar-refractivity contribution < 1.29 is 0 Å². The lowest BCUT2D eigenvalue weighted by Gasteiger charge is -2.33. The van der Waals surface area contributed by atoms with Crippen molar-refractivity contribution in [2.24, 2.45) is 11.1 Å². The van der Waals surface area contributed by atoms with E-state index in [2.05, 4.69) is 54.8 Å². The van der Waals surface area contributed by atoms with E-state index >= 15 is 0 Å². The van der Waals surface area contributed by atoms with Crippen molar-refractivity contribution in [2.75, 3.05) is 24.5 Å². The molecule has 5 nitrogen and oxygen atoms in total. The van der Waals surface area contributed by atoms with Crippen LogP contribution in [0.15, 0.2) is 18.5 Å². The van der Waals surface area contributed by atoms with Gasteiger partial charge in [-0.25, -0.2) is 4.98 Å². The van der Waals surface area contributed by atoms with Crippen LogP contribution in [-0.2, 0) is 0 Å². The van der Waals surface area contributed by atoms with E-state index in [9.17, 15) is 0 Å². The van der Waals surface area contributed by atoms with Crippen LogP contribution in [0.3, 0.4) is 0 Å². The van der Waals surface area contributed by atoms with Crippen LogP contribution in [0, 0.1) is 12.3 Å². The Balaban J connectivity index is 2.43. The molecule has 0 saturated carbocycles. The Hall–Kier alpha value is -1.62. The van der Waals surface area contributed by atoms with Gasteiger partial charge in [-0.3, -0.25) is 0 Å². The van der Waals surface area contributed by atoms with Gasteiger partial charge in [0.15, 0.2) is 5.65 Å². The lowest BCUT2D eigenvalue weighted by atomic mass is 9.93. The first-order chi connectivity index (χ1) is 9.46. The molecule has 2 rings (SSSR count). The standard InChI is InChI=1S/C15H25N5/c1-5-6-19(10-15(3,4)9-16)14-8-12(2)7-13-17-11-18-20(13)14/h7-8,11H,5-6,9-10,16H2,1-4H3. The molecule has 0 spiro atoms. The average Bonchev–Trinajstić information content (AvgIpc) is 2.85. The third-order valence-electron chi connectivity index (χ3n) is 3.49. The normalized spacial score (nSPS) is 12.1. The molecule has 0 fully saturated rings. The molecule has 0 amide bonds. The highest BCUT2D eigenvalue weighted by atomic mass is 15.4. The summed E-state index contributed by atoms with van der Waals surface area (Å²) in [5.41, 5.74) is 8.06. The highest BCUT2D eigenvalue weighted by Crippen LogP contribution is 2.23. The fraction of sp³-hybridized carbons (Fsp3) is 0.600. The van der Waals surface area contributed by atoms with E-state index < -0.39 is 0 Å². The van der Waals surface area contributed by atoms with Crippen LogP contribution in [0.4, 0.5) is 5.82 Å². The van der Waals surface area contributed by atoms with Gasteiger partial charge in [-0.15, -0.1) is 0 Å². The number of fused-ring (bicyclic) bond motifs is 1. The van der Waals surface area contributed by atoms with Gasteiger partial charge < -0.3 is 10.6 Å². The quantitative estimate of drug-likeness (QED) is 0.878. The zero-order chi connectivity index (χ0) is 14.8. The first kappa shape index (κ1) is 14.8. The third-order valence-corrected chi connectivity index (χ3v) is 3.49. The highest BCUT2D eigenvalue weighted by molar-refractivity contribution is 5.53. The molecule has 0 bridgehead atoms. The Morgan fingerprint density at radius 3 is 2.75 bits per heavy atom. The Morgan fingerprint density at radius 1 is 1.35 bits per heavy atom. The predicted octanol–water partition coefficient (Wildman–Crippen LogP) is 2.24. The van der Waals surface area contributed by atoms with Crippen molar-refractivity contribution in [3.8, 4) is 0 Å². The highest BCUT2D eigenvalue weighted by Gasteiger charge is 2.22. The Kier molecular flexibility index (Phi) is 4.28. The van der Waals surface area contributed by atoms with E-state index in [0.717, 1.165) is 31.0 Å². The van der Waals surface area contributed by atoms with Crippen molar-refractivity contribution in [1.82, 2.24) is 14.6 Å². The fourth-order valence-corrected chi connectivity index (χ4v) is 2.39. The van der Waals surface area contributed by atoms with Gasteiger partial charge in [0.1, 0.15) is 12.1 Å². The number of aryl methyl sites for hydroxylation is 1. The summed E-state index contributed by atoms with van der Waals surface area (Å²) in [7, 11) is 0. The molecule has 110 valence electrons. The van der Waals surface area contributed by atoms with Crippen molar-refractivity contribution in [2.45, 2.75) is 34.1 Å². The van der Waals surface area contributed by atoms with Gasteiger partial charge in [-0.05, 0) is 43.0 Å². The Morgan fingerprint density at radius 2 is 2.10 bits per heavy atom. The largest absolute Gasteiger partial charge is 0.356 e. The second-order valence-corrected chi connectivity index (χ2v) is 6.21. The van der Waals surface area contributed by atoms with Gasteiger partial charge in [0.25, 0.3) is 0 Å². The first-order valence-corrected chi connectivity index (χ1v) is 7.22. The molecular formula is C15H25N5. The molecule has 2 N–H and O–H groups in total. The van der Waals surface area contributed by atoms with Crippen molar-refractivity contribution >= 4 is 11.5 Å². The molecule has 0 aromatic carbocycles. The summed E-state index contributed by atoms with van der Waals surface area (Å²) >= 11 is 0. The van der Waals surface area contributed by atoms with Gasteiger partial charge in [0.05, 0.1) is 0 Å². The van der Waals surface area contributed by atoms with Crippen molar-refractivity contribution in [3.05, 3.63) is 24.0 Å². The number of rotatable bonds is 6. The number of nitrogens with two attached hydrogens (primary N) is 1. The smallest absolute Gasteiger partial charge is 0.157 e. The molecular weight excluding hydrogens is 250 g/mol. The maximum Gasteiger partial charge on any atom is 0.157 e. The molecule has 5 heteroatoms. The molecule has 20 heavy (non-hydrogen) atoms. The lowest BCUT2D eigenvalue weighted by molar-refractivity contribution is 0.375. The average molecular weight is 275 g/mol. The van der Waals surface area contributed by atoms with Crippen LogP contribution in [0.2, 0.25) is 0 Å².